The summed E-state index contributed by atoms with van der Waals surface area (Å²) in [6.45, 7) is 0.719. The number of rotatable bonds is 2. The van der Waals surface area contributed by atoms with Crippen LogP contribution in [0.15, 0.2) is 0 Å². The van der Waals surface area contributed by atoms with Gasteiger partial charge in [-0.1, -0.05) is 0 Å². The zero-order valence-corrected chi connectivity index (χ0v) is 4.66. The van der Waals surface area contributed by atoms with Crippen LogP contribution in [-0.4, -0.2) is 30.7 Å². The molecule has 0 bridgehead atoms. The Bertz CT molecular complexity index is 136. The molecule has 0 aromatic rings. The molecule has 5 heteroatoms. The van der Waals surface area contributed by atoms with Crippen molar-refractivity contribution in [2.45, 2.75) is 0 Å². The van der Waals surface area contributed by atoms with Crippen molar-refractivity contribution in [1.82, 2.24) is 10.4 Å². The van der Waals surface area contributed by atoms with Crippen molar-refractivity contribution in [2.75, 3.05) is 13.2 Å². The summed E-state index contributed by atoms with van der Waals surface area (Å²) in [4.78, 5) is 24.4. The van der Waals surface area contributed by atoms with E-state index in [1.165, 1.54) is 5.06 Å². The van der Waals surface area contributed by atoms with Crippen molar-refractivity contribution < 1.29 is 14.4 Å². The van der Waals surface area contributed by atoms with Gasteiger partial charge in [-0.3, -0.25) is 9.59 Å². The molecule has 0 unspecified atom stereocenters. The Morgan fingerprint density at radius 1 is 1.78 bits per heavy atom. The van der Waals surface area contributed by atoms with Crippen molar-refractivity contribution >= 4 is 12.4 Å². The van der Waals surface area contributed by atoms with Gasteiger partial charge in [0.2, 0.25) is 5.91 Å². The van der Waals surface area contributed by atoms with Crippen LogP contribution in [0.5, 0.6) is 0 Å². The first kappa shape index (κ1) is 6.03. The second-order valence-electron chi connectivity index (χ2n) is 1.60. The lowest BCUT2D eigenvalue weighted by Gasteiger charge is -2.05. The van der Waals surface area contributed by atoms with Gasteiger partial charge in [0.1, 0.15) is 13.2 Å². The highest BCUT2D eigenvalue weighted by atomic mass is 16.7. The standard InChI is InChI=1S/C4H6N2O3/c7-3-9-6-1-4(8)5-2-6/h3H,1-2H2,(H,5,8). The fourth-order valence-electron chi connectivity index (χ4n) is 0.584. The van der Waals surface area contributed by atoms with E-state index < -0.39 is 0 Å². The molecule has 1 fully saturated rings. The first-order valence-corrected chi connectivity index (χ1v) is 2.45. The van der Waals surface area contributed by atoms with Gasteiger partial charge in [-0.25, -0.2) is 0 Å². The summed E-state index contributed by atoms with van der Waals surface area (Å²) in [7, 11) is 0. The molecular formula is C4H6N2O3. The van der Waals surface area contributed by atoms with Crippen LogP contribution in [0.4, 0.5) is 0 Å². The lowest BCUT2D eigenvalue weighted by molar-refractivity contribution is -0.168. The fraction of sp³-hybridized carbons (Fsp3) is 0.500. The lowest BCUT2D eigenvalue weighted by Crippen LogP contribution is -2.21. The highest BCUT2D eigenvalue weighted by Gasteiger charge is 2.18. The molecule has 0 radical (unpaired) electrons. The average molecular weight is 130 g/mol. The molecule has 1 amide bonds. The van der Waals surface area contributed by atoms with E-state index in [4.69, 9.17) is 0 Å². The minimum absolute atomic E-state index is 0.128. The summed E-state index contributed by atoms with van der Waals surface area (Å²) in [5.74, 6) is -0.128. The van der Waals surface area contributed by atoms with Crippen LogP contribution in [0.1, 0.15) is 0 Å². The Labute approximate surface area is 51.5 Å². The molecule has 0 saturated carbocycles. The SMILES string of the molecule is O=CON1CNC(=O)C1. The first-order valence-electron chi connectivity index (χ1n) is 2.45. The van der Waals surface area contributed by atoms with Gasteiger partial charge >= 0.3 is 6.47 Å². The smallest absolute Gasteiger partial charge is 0.313 e. The van der Waals surface area contributed by atoms with Gasteiger partial charge in [0.05, 0.1) is 0 Å². The van der Waals surface area contributed by atoms with Crippen LogP contribution in [0.2, 0.25) is 0 Å². The number of amides is 1. The van der Waals surface area contributed by atoms with Gasteiger partial charge in [0, 0.05) is 0 Å². The van der Waals surface area contributed by atoms with Gasteiger partial charge in [-0.2, -0.15) is 0 Å². The lowest BCUT2D eigenvalue weighted by atomic mass is 10.7. The Balaban J connectivity index is 2.29. The molecule has 0 aromatic carbocycles. The van der Waals surface area contributed by atoms with Gasteiger partial charge in [-0.05, 0) is 0 Å². The molecule has 1 aliphatic heterocycles. The fourth-order valence-corrected chi connectivity index (χ4v) is 0.584. The number of hydroxylamine groups is 2. The van der Waals surface area contributed by atoms with E-state index in [1.54, 1.807) is 0 Å². The molecule has 0 aromatic heterocycles. The predicted octanol–water partition coefficient (Wildman–Crippen LogP) is -1.54. The van der Waals surface area contributed by atoms with Crippen molar-refractivity contribution in [3.63, 3.8) is 0 Å². The summed E-state index contributed by atoms with van der Waals surface area (Å²) in [6, 6.07) is 0. The highest BCUT2D eigenvalue weighted by Crippen LogP contribution is 1.91. The van der Waals surface area contributed by atoms with E-state index in [-0.39, 0.29) is 19.1 Å². The first-order chi connectivity index (χ1) is 4.33. The van der Waals surface area contributed by atoms with Gasteiger partial charge in [0.15, 0.2) is 0 Å². The Kier molecular flexibility index (Phi) is 1.64. The van der Waals surface area contributed by atoms with Gasteiger partial charge in [-0.15, -0.1) is 5.06 Å². The van der Waals surface area contributed by atoms with E-state index >= 15 is 0 Å². The van der Waals surface area contributed by atoms with Crippen LogP contribution in [-0.2, 0) is 14.4 Å². The predicted molar refractivity (Wildman–Crippen MR) is 26.9 cm³/mol. The maximum Gasteiger partial charge on any atom is 0.313 e. The molecule has 50 valence electrons. The molecule has 1 saturated heterocycles. The summed E-state index contributed by atoms with van der Waals surface area (Å²) >= 11 is 0. The molecule has 0 atom stereocenters. The van der Waals surface area contributed by atoms with E-state index in [2.05, 4.69) is 10.2 Å². The third-order valence-corrected chi connectivity index (χ3v) is 0.965. The van der Waals surface area contributed by atoms with Crippen LogP contribution >= 0.6 is 0 Å². The summed E-state index contributed by atoms with van der Waals surface area (Å²) in [5.41, 5.74) is 0. The van der Waals surface area contributed by atoms with E-state index in [0.717, 1.165) is 0 Å². The number of carbonyl (C=O) groups excluding carboxylic acids is 2. The molecule has 1 heterocycles. The molecule has 5 nitrogen and oxygen atoms in total. The van der Waals surface area contributed by atoms with Crippen molar-refractivity contribution in [3.8, 4) is 0 Å². The third-order valence-electron chi connectivity index (χ3n) is 0.965. The third kappa shape index (κ3) is 1.39. The number of hydrogen-bond acceptors (Lipinski definition) is 4. The summed E-state index contributed by atoms with van der Waals surface area (Å²) in [6.07, 6.45) is 0. The summed E-state index contributed by atoms with van der Waals surface area (Å²) in [5, 5.41) is 3.69. The van der Waals surface area contributed by atoms with Gasteiger partial charge in [0.25, 0.3) is 0 Å². The van der Waals surface area contributed by atoms with E-state index in [0.29, 0.717) is 6.47 Å². The molecule has 1 rings (SSSR count). The minimum Gasteiger partial charge on any atom is -0.369 e. The summed E-state index contributed by atoms with van der Waals surface area (Å²) < 4.78 is 0. The quantitative estimate of drug-likeness (QED) is 0.460. The van der Waals surface area contributed by atoms with Crippen molar-refractivity contribution in [2.24, 2.45) is 0 Å². The van der Waals surface area contributed by atoms with Gasteiger partial charge < -0.3 is 10.2 Å². The molecular weight excluding hydrogens is 124 g/mol. The highest BCUT2D eigenvalue weighted by molar-refractivity contribution is 5.79. The van der Waals surface area contributed by atoms with Crippen LogP contribution in [0.25, 0.3) is 0 Å². The van der Waals surface area contributed by atoms with Crippen molar-refractivity contribution in [1.29, 1.82) is 0 Å². The van der Waals surface area contributed by atoms with E-state index in [9.17, 15) is 9.59 Å². The van der Waals surface area contributed by atoms with Crippen molar-refractivity contribution in [3.05, 3.63) is 0 Å². The number of hydrogen-bond donors (Lipinski definition) is 1. The Hall–Kier alpha value is -1.10. The minimum atomic E-state index is -0.128. The molecule has 0 spiro atoms. The Morgan fingerprint density at radius 2 is 2.56 bits per heavy atom. The molecule has 9 heavy (non-hydrogen) atoms. The van der Waals surface area contributed by atoms with Crippen LogP contribution in [0.3, 0.4) is 0 Å². The largest absolute Gasteiger partial charge is 0.369 e. The maximum absolute atomic E-state index is 10.4. The zero-order valence-electron chi connectivity index (χ0n) is 4.66. The maximum atomic E-state index is 10.4. The monoisotopic (exact) mass is 130 g/mol. The number of nitrogens with one attached hydrogen (secondary N) is 1. The average Bonchev–Trinajstić information content (AvgIpc) is 2.17. The second-order valence-corrected chi connectivity index (χ2v) is 1.60. The van der Waals surface area contributed by atoms with Crippen LogP contribution in [0, 0.1) is 0 Å². The number of nitrogens with zero attached hydrogens (tertiary/aromatic N) is 1. The molecule has 1 aliphatic rings. The molecule has 0 aliphatic carbocycles. The second kappa shape index (κ2) is 2.45. The van der Waals surface area contributed by atoms with Crippen LogP contribution < -0.4 is 5.32 Å². The Morgan fingerprint density at radius 3 is 3.00 bits per heavy atom. The normalized spacial score (nSPS) is 19.3. The zero-order chi connectivity index (χ0) is 6.69. The van der Waals surface area contributed by atoms with E-state index in [1.807, 2.05) is 0 Å². The number of carbonyl (C=O) groups is 2. The molecule has 1 N–H and O–H groups in total. The topological polar surface area (TPSA) is 58.6 Å².